The summed E-state index contributed by atoms with van der Waals surface area (Å²) >= 11 is 0. The fourth-order valence-corrected chi connectivity index (χ4v) is 4.21. The lowest BCUT2D eigenvalue weighted by Gasteiger charge is -2.40. The molecule has 0 spiro atoms. The smallest absolute Gasteiger partial charge is 0.223 e. The summed E-state index contributed by atoms with van der Waals surface area (Å²) in [4.78, 5) is 14.9. The van der Waals surface area contributed by atoms with Crippen LogP contribution in [0.25, 0.3) is 0 Å². The summed E-state index contributed by atoms with van der Waals surface area (Å²) in [5.41, 5.74) is 6.14. The molecule has 0 heterocycles. The molecule has 0 radical (unpaired) electrons. The molecular weight excluding hydrogens is 248 g/mol. The van der Waals surface area contributed by atoms with Crippen molar-refractivity contribution in [2.45, 2.75) is 83.6 Å². The minimum absolute atomic E-state index is 0.109. The van der Waals surface area contributed by atoms with Gasteiger partial charge in [0.2, 0.25) is 5.91 Å². The van der Waals surface area contributed by atoms with Crippen LogP contribution in [-0.4, -0.2) is 29.9 Å². The number of hydrogen-bond donors (Lipinski definition) is 1. The van der Waals surface area contributed by atoms with Crippen molar-refractivity contribution in [3.05, 3.63) is 0 Å². The number of nitrogens with two attached hydrogens (primary N) is 1. The summed E-state index contributed by atoms with van der Waals surface area (Å²) in [5, 5.41) is 0. The zero-order valence-corrected chi connectivity index (χ0v) is 13.2. The lowest BCUT2D eigenvalue weighted by atomic mass is 9.71. The van der Waals surface area contributed by atoms with Gasteiger partial charge in [-0.2, -0.15) is 0 Å². The Morgan fingerprint density at radius 3 is 2.25 bits per heavy atom. The Kier molecular flexibility index (Phi) is 5.88. The van der Waals surface area contributed by atoms with Crippen LogP contribution < -0.4 is 5.73 Å². The lowest BCUT2D eigenvalue weighted by Crippen LogP contribution is -2.45. The van der Waals surface area contributed by atoms with Gasteiger partial charge in [0.25, 0.3) is 0 Å². The highest BCUT2D eigenvalue weighted by Crippen LogP contribution is 2.39. The van der Waals surface area contributed by atoms with Crippen LogP contribution in [0.1, 0.15) is 77.6 Å². The Bertz CT molecular complexity index is 304. The third-order valence-electron chi connectivity index (χ3n) is 5.55. The van der Waals surface area contributed by atoms with Crippen LogP contribution in [0.4, 0.5) is 0 Å². The zero-order valence-electron chi connectivity index (χ0n) is 13.2. The van der Waals surface area contributed by atoms with E-state index in [1.807, 2.05) is 0 Å². The summed E-state index contributed by atoms with van der Waals surface area (Å²) in [6, 6.07) is 0.500. The normalized spacial score (nSPS) is 23.5. The van der Waals surface area contributed by atoms with Gasteiger partial charge in [0.15, 0.2) is 0 Å². The Balaban J connectivity index is 1.96. The van der Waals surface area contributed by atoms with Crippen LogP contribution in [0.5, 0.6) is 0 Å². The monoisotopic (exact) mass is 280 g/mol. The number of rotatable bonds is 5. The van der Waals surface area contributed by atoms with Crippen LogP contribution in [0, 0.1) is 5.41 Å². The van der Waals surface area contributed by atoms with Crippen molar-refractivity contribution in [2.75, 3.05) is 13.1 Å². The molecule has 2 fully saturated rings. The molecule has 20 heavy (non-hydrogen) atoms. The van der Waals surface area contributed by atoms with Crippen molar-refractivity contribution < 1.29 is 4.79 Å². The maximum atomic E-state index is 12.8. The fourth-order valence-electron chi connectivity index (χ4n) is 4.21. The maximum absolute atomic E-state index is 12.8. The van der Waals surface area contributed by atoms with Gasteiger partial charge >= 0.3 is 0 Å². The predicted molar refractivity (Wildman–Crippen MR) is 83.4 cm³/mol. The minimum atomic E-state index is 0.109. The minimum Gasteiger partial charge on any atom is -0.340 e. The highest BCUT2D eigenvalue weighted by atomic mass is 16.2. The number of amides is 1. The van der Waals surface area contributed by atoms with Crippen molar-refractivity contribution in [1.82, 2.24) is 4.90 Å². The first kappa shape index (κ1) is 15.8. The van der Waals surface area contributed by atoms with Gasteiger partial charge in [0.1, 0.15) is 0 Å². The van der Waals surface area contributed by atoms with Crippen molar-refractivity contribution >= 4 is 5.91 Å². The molecule has 3 nitrogen and oxygen atoms in total. The van der Waals surface area contributed by atoms with Gasteiger partial charge in [-0.15, -0.1) is 0 Å². The van der Waals surface area contributed by atoms with Crippen LogP contribution in [0.2, 0.25) is 0 Å². The molecule has 2 rings (SSSR count). The molecule has 0 saturated heterocycles. The van der Waals surface area contributed by atoms with Crippen LogP contribution in [0.3, 0.4) is 0 Å². The summed E-state index contributed by atoms with van der Waals surface area (Å²) < 4.78 is 0. The van der Waals surface area contributed by atoms with Gasteiger partial charge in [0, 0.05) is 19.0 Å². The van der Waals surface area contributed by atoms with Crippen molar-refractivity contribution in [1.29, 1.82) is 0 Å². The second kappa shape index (κ2) is 7.44. The summed E-state index contributed by atoms with van der Waals surface area (Å²) in [5.74, 6) is 0.367. The average molecular weight is 280 g/mol. The molecule has 116 valence electrons. The molecule has 0 aliphatic heterocycles. The van der Waals surface area contributed by atoms with Gasteiger partial charge in [-0.05, 0) is 44.6 Å². The first-order chi connectivity index (χ1) is 9.71. The molecule has 0 aromatic heterocycles. The third kappa shape index (κ3) is 3.75. The second-order valence-corrected chi connectivity index (χ2v) is 6.91. The van der Waals surface area contributed by atoms with Gasteiger partial charge in [0.05, 0.1) is 0 Å². The molecule has 2 aliphatic rings. The van der Waals surface area contributed by atoms with E-state index in [1.54, 1.807) is 0 Å². The molecule has 0 atom stereocenters. The first-order valence-electron chi connectivity index (χ1n) is 8.70. The van der Waals surface area contributed by atoms with E-state index in [2.05, 4.69) is 11.8 Å². The second-order valence-electron chi connectivity index (χ2n) is 6.91. The largest absolute Gasteiger partial charge is 0.340 e. The summed E-state index contributed by atoms with van der Waals surface area (Å²) in [7, 11) is 0. The molecule has 0 aromatic rings. The summed E-state index contributed by atoms with van der Waals surface area (Å²) in [6.07, 6.45) is 13.1. The van der Waals surface area contributed by atoms with Crippen molar-refractivity contribution in [2.24, 2.45) is 11.1 Å². The average Bonchev–Trinajstić information content (AvgIpc) is 2.50. The van der Waals surface area contributed by atoms with Gasteiger partial charge in [-0.1, -0.05) is 38.5 Å². The van der Waals surface area contributed by atoms with Crippen molar-refractivity contribution in [3.8, 4) is 0 Å². The highest BCUT2D eigenvalue weighted by molar-refractivity contribution is 5.77. The van der Waals surface area contributed by atoms with E-state index in [1.165, 1.54) is 51.4 Å². The van der Waals surface area contributed by atoms with E-state index in [0.29, 0.717) is 24.9 Å². The Morgan fingerprint density at radius 1 is 1.10 bits per heavy atom. The predicted octanol–water partition coefficient (Wildman–Crippen LogP) is 3.47. The Morgan fingerprint density at radius 2 is 1.70 bits per heavy atom. The molecule has 2 N–H and O–H groups in total. The number of carbonyl (C=O) groups is 1. The van der Waals surface area contributed by atoms with E-state index >= 15 is 0 Å². The molecule has 2 saturated carbocycles. The van der Waals surface area contributed by atoms with E-state index < -0.39 is 0 Å². The SMILES string of the molecule is CCN(C(=O)CC1(CN)CCCCC1)C1CCCCC1. The first-order valence-corrected chi connectivity index (χ1v) is 8.70. The van der Waals surface area contributed by atoms with Crippen LogP contribution >= 0.6 is 0 Å². The maximum Gasteiger partial charge on any atom is 0.223 e. The molecule has 0 unspecified atom stereocenters. The number of nitrogens with zero attached hydrogens (tertiary/aromatic N) is 1. The molecule has 1 amide bonds. The van der Waals surface area contributed by atoms with Crippen LogP contribution in [0.15, 0.2) is 0 Å². The van der Waals surface area contributed by atoms with Gasteiger partial charge < -0.3 is 10.6 Å². The molecule has 3 heteroatoms. The fraction of sp³-hybridized carbons (Fsp3) is 0.941. The zero-order chi connectivity index (χ0) is 14.4. The standard InChI is InChI=1S/C17H32N2O/c1-2-19(15-9-5-3-6-10-15)16(20)13-17(14-18)11-7-4-8-12-17/h15H,2-14,18H2,1H3. The topological polar surface area (TPSA) is 46.3 Å². The third-order valence-corrected chi connectivity index (χ3v) is 5.55. The quantitative estimate of drug-likeness (QED) is 0.838. The highest BCUT2D eigenvalue weighted by Gasteiger charge is 2.35. The molecular formula is C17H32N2O. The molecule has 2 aliphatic carbocycles. The Hall–Kier alpha value is -0.570. The molecule has 0 aromatic carbocycles. The van der Waals surface area contributed by atoms with E-state index in [-0.39, 0.29) is 5.41 Å². The number of carbonyl (C=O) groups excluding carboxylic acids is 1. The number of hydrogen-bond acceptors (Lipinski definition) is 2. The van der Waals surface area contributed by atoms with Crippen LogP contribution in [-0.2, 0) is 4.79 Å². The lowest BCUT2D eigenvalue weighted by molar-refractivity contribution is -0.137. The summed E-state index contributed by atoms with van der Waals surface area (Å²) in [6.45, 7) is 3.67. The van der Waals surface area contributed by atoms with E-state index in [0.717, 1.165) is 19.4 Å². The Labute approximate surface area is 124 Å². The van der Waals surface area contributed by atoms with Gasteiger partial charge in [-0.3, -0.25) is 4.79 Å². The van der Waals surface area contributed by atoms with Gasteiger partial charge in [-0.25, -0.2) is 0 Å². The van der Waals surface area contributed by atoms with E-state index in [4.69, 9.17) is 5.73 Å². The molecule has 0 bridgehead atoms. The van der Waals surface area contributed by atoms with Crippen molar-refractivity contribution in [3.63, 3.8) is 0 Å². The van der Waals surface area contributed by atoms with E-state index in [9.17, 15) is 4.79 Å².